The van der Waals surface area contributed by atoms with Crippen molar-refractivity contribution in [3.8, 4) is 0 Å². The monoisotopic (exact) mass is 175 g/mol. The molecule has 0 unspecified atom stereocenters. The summed E-state index contributed by atoms with van der Waals surface area (Å²) in [5.74, 6) is 0. The third kappa shape index (κ3) is 2.33. The SMILES string of the molecule is NC1(NC(=O)O)CC[NH+]([O-])CC1. The maximum absolute atomic E-state index is 10.8. The second-order valence-electron chi connectivity index (χ2n) is 3.12. The van der Waals surface area contributed by atoms with Crippen LogP contribution in [0.2, 0.25) is 0 Å². The number of nitrogens with two attached hydrogens (primary N) is 1. The largest absolute Gasteiger partial charge is 0.634 e. The van der Waals surface area contributed by atoms with Crippen LogP contribution in [-0.2, 0) is 0 Å². The van der Waals surface area contributed by atoms with Gasteiger partial charge in [-0.25, -0.2) is 4.79 Å². The fraction of sp³-hybridized carbons (Fsp3) is 0.833. The first-order valence-corrected chi connectivity index (χ1v) is 3.83. The molecule has 1 aliphatic heterocycles. The molecule has 0 saturated carbocycles. The average molecular weight is 175 g/mol. The topological polar surface area (TPSA) is 103 Å². The van der Waals surface area contributed by atoms with Crippen LogP contribution in [0.3, 0.4) is 0 Å². The minimum atomic E-state index is -1.13. The van der Waals surface area contributed by atoms with Crippen LogP contribution in [0, 0.1) is 5.21 Å². The first-order valence-electron chi connectivity index (χ1n) is 3.83. The van der Waals surface area contributed by atoms with Crippen LogP contribution < -0.4 is 16.1 Å². The Kier molecular flexibility index (Phi) is 2.51. The van der Waals surface area contributed by atoms with Crippen LogP contribution in [0.5, 0.6) is 0 Å². The van der Waals surface area contributed by atoms with Gasteiger partial charge in [-0.15, -0.1) is 0 Å². The Morgan fingerprint density at radius 3 is 2.50 bits per heavy atom. The first-order chi connectivity index (χ1) is 5.52. The van der Waals surface area contributed by atoms with Crippen LogP contribution in [0.15, 0.2) is 0 Å². The van der Waals surface area contributed by atoms with E-state index in [-0.39, 0.29) is 5.06 Å². The lowest BCUT2D eigenvalue weighted by Crippen LogP contribution is -3.09. The molecule has 0 aromatic heterocycles. The van der Waals surface area contributed by atoms with Crippen LogP contribution in [0.25, 0.3) is 0 Å². The van der Waals surface area contributed by atoms with Gasteiger partial charge in [0, 0.05) is 12.8 Å². The summed E-state index contributed by atoms with van der Waals surface area (Å²) < 4.78 is 0. The molecule has 6 nitrogen and oxygen atoms in total. The zero-order chi connectivity index (χ0) is 9.19. The maximum atomic E-state index is 10.8. The highest BCUT2D eigenvalue weighted by Gasteiger charge is 2.32. The number of quaternary nitrogens is 1. The molecule has 0 radical (unpaired) electrons. The molecule has 1 heterocycles. The van der Waals surface area contributed by atoms with E-state index in [4.69, 9.17) is 10.8 Å². The van der Waals surface area contributed by atoms with Gasteiger partial charge in [0.25, 0.3) is 0 Å². The number of carbonyl (C=O) groups is 1. The zero-order valence-corrected chi connectivity index (χ0v) is 6.67. The fourth-order valence-corrected chi connectivity index (χ4v) is 1.31. The van der Waals surface area contributed by atoms with E-state index in [1.54, 1.807) is 0 Å². The van der Waals surface area contributed by atoms with Gasteiger partial charge in [-0.05, 0) is 0 Å². The van der Waals surface area contributed by atoms with Crippen molar-refractivity contribution < 1.29 is 15.0 Å². The number of hydrogen-bond donors (Lipinski definition) is 4. The lowest BCUT2D eigenvalue weighted by atomic mass is 9.99. The standard InChI is InChI=1S/C6H13N3O3/c7-6(8-5(10)11)1-3-9(12)4-2-6/h8-9H,1-4,7H2,(H,10,11). The molecule has 0 bridgehead atoms. The third-order valence-electron chi connectivity index (χ3n) is 2.06. The molecule has 0 aliphatic carbocycles. The van der Waals surface area contributed by atoms with Crippen LogP contribution in [0.1, 0.15) is 12.8 Å². The normalized spacial score (nSPS) is 36.0. The summed E-state index contributed by atoms with van der Waals surface area (Å²) in [6.07, 6.45) is -0.331. The van der Waals surface area contributed by atoms with Gasteiger partial charge in [0.05, 0.1) is 13.1 Å². The first kappa shape index (κ1) is 9.24. The van der Waals surface area contributed by atoms with Gasteiger partial charge >= 0.3 is 6.09 Å². The summed E-state index contributed by atoms with van der Waals surface area (Å²) in [5, 5.41) is 21.6. The molecule has 6 heteroatoms. The summed E-state index contributed by atoms with van der Waals surface area (Å²) in [7, 11) is 0. The fourth-order valence-electron chi connectivity index (χ4n) is 1.31. The highest BCUT2D eigenvalue weighted by molar-refractivity contribution is 5.65. The van der Waals surface area contributed by atoms with Gasteiger partial charge in [0.1, 0.15) is 5.66 Å². The third-order valence-corrected chi connectivity index (χ3v) is 2.06. The number of nitrogens with one attached hydrogen (secondary N) is 2. The van der Waals surface area contributed by atoms with E-state index in [0.717, 1.165) is 0 Å². The molecule has 1 fully saturated rings. The highest BCUT2D eigenvalue weighted by atomic mass is 16.5. The second-order valence-corrected chi connectivity index (χ2v) is 3.12. The molecule has 0 aromatic rings. The number of rotatable bonds is 1. The molecule has 0 aromatic carbocycles. The molecule has 1 aliphatic rings. The Morgan fingerprint density at radius 2 is 2.08 bits per heavy atom. The molecule has 1 amide bonds. The number of amides is 1. The van der Waals surface area contributed by atoms with E-state index in [1.807, 2.05) is 0 Å². The Hall–Kier alpha value is -0.850. The van der Waals surface area contributed by atoms with E-state index >= 15 is 0 Å². The van der Waals surface area contributed by atoms with Crippen molar-refractivity contribution in [3.05, 3.63) is 5.21 Å². The van der Waals surface area contributed by atoms with E-state index in [1.165, 1.54) is 0 Å². The number of hydroxylamine groups is 2. The predicted molar refractivity (Wildman–Crippen MR) is 41.4 cm³/mol. The minimum absolute atomic E-state index is 0.156. The van der Waals surface area contributed by atoms with Crippen LogP contribution in [0.4, 0.5) is 4.79 Å². The maximum Gasteiger partial charge on any atom is 0.406 e. The van der Waals surface area contributed by atoms with E-state index in [0.29, 0.717) is 25.9 Å². The Bertz CT molecular complexity index is 177. The molecule has 1 saturated heterocycles. The van der Waals surface area contributed by atoms with Crippen molar-refractivity contribution >= 4 is 6.09 Å². The highest BCUT2D eigenvalue weighted by Crippen LogP contribution is 2.08. The Labute approximate surface area is 69.9 Å². The number of piperidine rings is 1. The van der Waals surface area contributed by atoms with Gasteiger partial charge in [0.15, 0.2) is 0 Å². The molecule has 5 N–H and O–H groups in total. The van der Waals surface area contributed by atoms with Gasteiger partial charge in [-0.1, -0.05) is 0 Å². The van der Waals surface area contributed by atoms with Crippen molar-refractivity contribution in [2.24, 2.45) is 5.73 Å². The van der Waals surface area contributed by atoms with Crippen molar-refractivity contribution in [2.75, 3.05) is 13.1 Å². The van der Waals surface area contributed by atoms with Crippen molar-refractivity contribution in [1.29, 1.82) is 0 Å². The predicted octanol–water partition coefficient (Wildman–Crippen LogP) is -1.91. The Balaban J connectivity index is 2.44. The molecule has 12 heavy (non-hydrogen) atoms. The van der Waals surface area contributed by atoms with Crippen molar-refractivity contribution in [2.45, 2.75) is 18.5 Å². The summed E-state index contributed by atoms with van der Waals surface area (Å²) in [6.45, 7) is 0.744. The second kappa shape index (κ2) is 3.26. The number of carboxylic acid groups (broad SMARTS) is 1. The van der Waals surface area contributed by atoms with Crippen LogP contribution >= 0.6 is 0 Å². The molecule has 0 spiro atoms. The van der Waals surface area contributed by atoms with Crippen molar-refractivity contribution in [1.82, 2.24) is 5.32 Å². The van der Waals surface area contributed by atoms with Crippen LogP contribution in [-0.4, -0.2) is 30.0 Å². The van der Waals surface area contributed by atoms with Crippen molar-refractivity contribution in [3.63, 3.8) is 0 Å². The summed E-state index contributed by atoms with van der Waals surface area (Å²) in [5.41, 5.74) is 4.79. The zero-order valence-electron chi connectivity index (χ0n) is 6.67. The minimum Gasteiger partial charge on any atom is -0.634 e. The number of hydrogen-bond acceptors (Lipinski definition) is 3. The molecule has 1 rings (SSSR count). The van der Waals surface area contributed by atoms with E-state index < -0.39 is 11.8 Å². The summed E-state index contributed by atoms with van der Waals surface area (Å²) >= 11 is 0. The van der Waals surface area contributed by atoms with Gasteiger partial charge < -0.3 is 26.4 Å². The van der Waals surface area contributed by atoms with E-state index in [2.05, 4.69) is 5.32 Å². The van der Waals surface area contributed by atoms with E-state index in [9.17, 15) is 10.0 Å². The average Bonchev–Trinajstić information content (AvgIpc) is 1.94. The Morgan fingerprint density at radius 1 is 1.58 bits per heavy atom. The summed E-state index contributed by atoms with van der Waals surface area (Å²) in [4.78, 5) is 10.3. The smallest absolute Gasteiger partial charge is 0.406 e. The summed E-state index contributed by atoms with van der Waals surface area (Å²) in [6, 6.07) is 0. The lowest BCUT2D eigenvalue weighted by molar-refractivity contribution is -0.855. The molecule has 0 atom stereocenters. The molecular formula is C6H13N3O3. The molecular weight excluding hydrogens is 162 g/mol. The van der Waals surface area contributed by atoms with Gasteiger partial charge in [-0.2, -0.15) is 0 Å². The quantitative estimate of drug-likeness (QED) is 0.275. The molecule has 70 valence electrons. The van der Waals surface area contributed by atoms with Gasteiger partial charge in [0.2, 0.25) is 0 Å². The lowest BCUT2D eigenvalue weighted by Gasteiger charge is -2.38. The van der Waals surface area contributed by atoms with Gasteiger partial charge in [-0.3, -0.25) is 0 Å².